The fourth-order valence-electron chi connectivity index (χ4n) is 0.993. The Kier molecular flexibility index (Phi) is 2.56. The van der Waals surface area contributed by atoms with Crippen LogP contribution in [0, 0.1) is 0 Å². The molecule has 0 spiro atoms. The van der Waals surface area contributed by atoms with E-state index < -0.39 is 26.5 Å². The van der Waals surface area contributed by atoms with Crippen LogP contribution in [0.3, 0.4) is 0 Å². The number of benzene rings is 1. The van der Waals surface area contributed by atoms with Crippen LogP contribution in [0.2, 0.25) is 0 Å². The van der Waals surface area contributed by atoms with E-state index in [9.17, 15) is 13.2 Å². The standard InChI is InChI=1S/C7H8N2O5S/c8-4-1-3(7(10)11)6(2-5(4)9)15(12,13)14/h1-2H,8-9H2,(H,10,11)(H,12,13,14). The van der Waals surface area contributed by atoms with Gasteiger partial charge in [0.1, 0.15) is 4.90 Å². The summed E-state index contributed by atoms with van der Waals surface area (Å²) in [5, 5.41) is 8.67. The molecule has 7 nitrogen and oxygen atoms in total. The van der Waals surface area contributed by atoms with Gasteiger partial charge in [-0.2, -0.15) is 8.42 Å². The monoisotopic (exact) mass is 232 g/mol. The number of nitrogen functional groups attached to an aromatic ring is 2. The van der Waals surface area contributed by atoms with Gasteiger partial charge < -0.3 is 16.6 Å². The Labute approximate surface area is 85.1 Å². The van der Waals surface area contributed by atoms with Crippen molar-refractivity contribution in [3.8, 4) is 0 Å². The van der Waals surface area contributed by atoms with Gasteiger partial charge in [0.25, 0.3) is 10.1 Å². The van der Waals surface area contributed by atoms with E-state index in [2.05, 4.69) is 0 Å². The van der Waals surface area contributed by atoms with Gasteiger partial charge in [-0.3, -0.25) is 4.55 Å². The first kappa shape index (κ1) is 11.3. The maximum absolute atomic E-state index is 10.8. The molecule has 0 fully saturated rings. The molecule has 1 aromatic rings. The molecule has 0 radical (unpaired) electrons. The average molecular weight is 232 g/mol. The Morgan fingerprint density at radius 2 is 1.67 bits per heavy atom. The zero-order valence-electron chi connectivity index (χ0n) is 7.34. The minimum Gasteiger partial charge on any atom is -0.478 e. The van der Waals surface area contributed by atoms with E-state index in [1.54, 1.807) is 0 Å². The van der Waals surface area contributed by atoms with Crippen molar-refractivity contribution in [2.45, 2.75) is 4.90 Å². The lowest BCUT2D eigenvalue weighted by Crippen LogP contribution is -2.10. The van der Waals surface area contributed by atoms with Crippen LogP contribution in [-0.4, -0.2) is 24.0 Å². The molecule has 0 amide bonds. The lowest BCUT2D eigenvalue weighted by Gasteiger charge is -2.06. The van der Waals surface area contributed by atoms with Crippen LogP contribution in [-0.2, 0) is 10.1 Å². The van der Waals surface area contributed by atoms with E-state index in [4.69, 9.17) is 21.1 Å². The second kappa shape index (κ2) is 3.41. The molecule has 0 bridgehead atoms. The molecule has 6 N–H and O–H groups in total. The first-order chi connectivity index (χ1) is 6.73. The van der Waals surface area contributed by atoms with Crippen molar-refractivity contribution in [2.75, 3.05) is 11.5 Å². The summed E-state index contributed by atoms with van der Waals surface area (Å²) in [5.74, 6) is -1.52. The molecule has 0 aliphatic heterocycles. The summed E-state index contributed by atoms with van der Waals surface area (Å²) in [6, 6.07) is 1.68. The molecule has 0 aliphatic rings. The molecule has 8 heteroatoms. The fourth-order valence-corrected chi connectivity index (χ4v) is 1.69. The molecule has 0 saturated heterocycles. The molecule has 0 atom stereocenters. The third-order valence-electron chi connectivity index (χ3n) is 1.69. The zero-order valence-corrected chi connectivity index (χ0v) is 8.15. The van der Waals surface area contributed by atoms with Crippen LogP contribution in [0.5, 0.6) is 0 Å². The zero-order chi connectivity index (χ0) is 11.8. The lowest BCUT2D eigenvalue weighted by atomic mass is 10.2. The molecule has 1 rings (SSSR count). The van der Waals surface area contributed by atoms with E-state index in [0.29, 0.717) is 0 Å². The topological polar surface area (TPSA) is 144 Å². The van der Waals surface area contributed by atoms with Crippen molar-refractivity contribution < 1.29 is 22.9 Å². The first-order valence-electron chi connectivity index (χ1n) is 3.63. The summed E-state index contributed by atoms with van der Waals surface area (Å²) >= 11 is 0. The third-order valence-corrected chi connectivity index (χ3v) is 2.59. The third kappa shape index (κ3) is 2.17. The van der Waals surface area contributed by atoms with Crippen LogP contribution >= 0.6 is 0 Å². The number of carbonyl (C=O) groups is 1. The highest BCUT2D eigenvalue weighted by molar-refractivity contribution is 7.86. The molecule has 0 saturated carbocycles. The van der Waals surface area contributed by atoms with Crippen molar-refractivity contribution in [3.63, 3.8) is 0 Å². The lowest BCUT2D eigenvalue weighted by molar-refractivity contribution is 0.0692. The Hall–Kier alpha value is -1.80. The molecule has 15 heavy (non-hydrogen) atoms. The number of carboxylic acids is 1. The van der Waals surface area contributed by atoms with Crippen LogP contribution in [0.4, 0.5) is 11.4 Å². The van der Waals surface area contributed by atoms with Gasteiger partial charge in [-0.1, -0.05) is 0 Å². The normalized spacial score (nSPS) is 11.3. The Bertz CT molecular complexity index is 522. The summed E-state index contributed by atoms with van der Waals surface area (Å²) in [6.07, 6.45) is 0. The summed E-state index contributed by atoms with van der Waals surface area (Å²) < 4.78 is 30.4. The minimum absolute atomic E-state index is 0.0696. The summed E-state index contributed by atoms with van der Waals surface area (Å²) in [7, 11) is -4.63. The van der Waals surface area contributed by atoms with Crippen molar-refractivity contribution >= 4 is 27.5 Å². The Morgan fingerprint density at radius 1 is 1.20 bits per heavy atom. The van der Waals surface area contributed by atoms with E-state index in [1.807, 2.05) is 0 Å². The Balaban J connectivity index is 3.64. The van der Waals surface area contributed by atoms with Crippen LogP contribution < -0.4 is 11.5 Å². The number of nitrogens with two attached hydrogens (primary N) is 2. The van der Waals surface area contributed by atoms with E-state index in [1.165, 1.54) is 0 Å². The van der Waals surface area contributed by atoms with Gasteiger partial charge in [0.2, 0.25) is 0 Å². The summed E-state index contributed by atoms with van der Waals surface area (Å²) in [5.41, 5.74) is 9.79. The van der Waals surface area contributed by atoms with Gasteiger partial charge in [0, 0.05) is 0 Å². The van der Waals surface area contributed by atoms with E-state index in [0.717, 1.165) is 12.1 Å². The van der Waals surface area contributed by atoms with Gasteiger partial charge in [-0.15, -0.1) is 0 Å². The highest BCUT2D eigenvalue weighted by Gasteiger charge is 2.21. The van der Waals surface area contributed by atoms with Gasteiger partial charge in [0.05, 0.1) is 16.9 Å². The molecular weight excluding hydrogens is 224 g/mol. The van der Waals surface area contributed by atoms with Crippen molar-refractivity contribution in [3.05, 3.63) is 17.7 Å². The quantitative estimate of drug-likeness (QED) is 0.408. The Morgan fingerprint density at radius 3 is 2.07 bits per heavy atom. The number of hydrogen-bond acceptors (Lipinski definition) is 5. The van der Waals surface area contributed by atoms with Crippen molar-refractivity contribution in [2.24, 2.45) is 0 Å². The van der Waals surface area contributed by atoms with Gasteiger partial charge in [-0.05, 0) is 12.1 Å². The molecule has 0 aliphatic carbocycles. The average Bonchev–Trinajstić information content (AvgIpc) is 2.06. The van der Waals surface area contributed by atoms with Gasteiger partial charge >= 0.3 is 5.97 Å². The van der Waals surface area contributed by atoms with Crippen LogP contribution in [0.1, 0.15) is 10.4 Å². The number of rotatable bonds is 2. The van der Waals surface area contributed by atoms with Gasteiger partial charge in [0.15, 0.2) is 0 Å². The number of carboxylic acid groups (broad SMARTS) is 1. The SMILES string of the molecule is Nc1cc(C(=O)O)c(S(=O)(=O)O)cc1N. The van der Waals surface area contributed by atoms with Crippen molar-refractivity contribution in [1.29, 1.82) is 0 Å². The summed E-state index contributed by atoms with van der Waals surface area (Å²) in [4.78, 5) is 9.88. The van der Waals surface area contributed by atoms with E-state index >= 15 is 0 Å². The second-order valence-corrected chi connectivity index (χ2v) is 4.15. The molecule has 0 aromatic heterocycles. The largest absolute Gasteiger partial charge is 0.478 e. The highest BCUT2D eigenvalue weighted by atomic mass is 32.2. The van der Waals surface area contributed by atoms with Gasteiger partial charge in [-0.25, -0.2) is 4.79 Å². The maximum atomic E-state index is 10.8. The smallest absolute Gasteiger partial charge is 0.337 e. The van der Waals surface area contributed by atoms with E-state index in [-0.39, 0.29) is 11.4 Å². The fraction of sp³-hybridized carbons (Fsp3) is 0. The van der Waals surface area contributed by atoms with Crippen molar-refractivity contribution in [1.82, 2.24) is 0 Å². The number of aromatic carboxylic acids is 1. The molecule has 0 heterocycles. The minimum atomic E-state index is -4.63. The first-order valence-corrected chi connectivity index (χ1v) is 5.07. The van der Waals surface area contributed by atoms with Crippen LogP contribution in [0.25, 0.3) is 0 Å². The molecule has 0 unspecified atom stereocenters. The molecular formula is C7H8N2O5S. The molecule has 1 aromatic carbocycles. The predicted molar refractivity (Wildman–Crippen MR) is 52.0 cm³/mol. The summed E-state index contributed by atoms with van der Waals surface area (Å²) in [6.45, 7) is 0. The second-order valence-electron chi connectivity index (χ2n) is 2.76. The highest BCUT2D eigenvalue weighted by Crippen LogP contribution is 2.24. The number of hydrogen-bond donors (Lipinski definition) is 4. The molecule has 82 valence electrons. The number of anilines is 2. The predicted octanol–water partition coefficient (Wildman–Crippen LogP) is -0.204. The maximum Gasteiger partial charge on any atom is 0.337 e. The van der Waals surface area contributed by atoms with Crippen LogP contribution in [0.15, 0.2) is 17.0 Å².